The molecule has 1 aromatic rings. The molecule has 1 aliphatic heterocycles. The maximum absolute atomic E-state index is 11.8. The van der Waals surface area contributed by atoms with Gasteiger partial charge in [-0.25, -0.2) is 0 Å². The quantitative estimate of drug-likeness (QED) is 0.820. The molecule has 1 aliphatic carbocycles. The third-order valence-corrected chi connectivity index (χ3v) is 4.12. The average molecular weight is 293 g/mol. The number of carbonyl (C=O) groups excluding carboxylic acids is 1. The van der Waals surface area contributed by atoms with Gasteiger partial charge in [0.05, 0.1) is 6.61 Å². The molecule has 6 nitrogen and oxygen atoms in total. The molecular formula is C15H19NO5. The molecule has 1 heterocycles. The molecule has 0 atom stereocenters. The van der Waals surface area contributed by atoms with Crippen LogP contribution in [0.1, 0.15) is 19.3 Å². The molecule has 1 aromatic carbocycles. The molecule has 0 aromatic heterocycles. The minimum absolute atomic E-state index is 0.0544. The summed E-state index contributed by atoms with van der Waals surface area (Å²) in [4.78, 5) is 11.8. The van der Waals surface area contributed by atoms with Crippen LogP contribution in [-0.4, -0.2) is 37.6 Å². The largest absolute Gasteiger partial charge is 0.484 e. The Morgan fingerprint density at radius 1 is 1.33 bits per heavy atom. The lowest BCUT2D eigenvalue weighted by atomic mass is 9.69. The maximum atomic E-state index is 11.8. The Hall–Kier alpha value is -1.95. The van der Waals surface area contributed by atoms with E-state index >= 15 is 0 Å². The number of amides is 1. The van der Waals surface area contributed by atoms with E-state index in [4.69, 9.17) is 14.2 Å². The fraction of sp³-hybridized carbons (Fsp3) is 0.533. The highest BCUT2D eigenvalue weighted by Crippen LogP contribution is 2.39. The van der Waals surface area contributed by atoms with E-state index in [9.17, 15) is 9.90 Å². The van der Waals surface area contributed by atoms with Gasteiger partial charge >= 0.3 is 0 Å². The van der Waals surface area contributed by atoms with Crippen molar-refractivity contribution in [2.24, 2.45) is 5.41 Å². The summed E-state index contributed by atoms with van der Waals surface area (Å²) in [5, 5.41) is 12.2. The summed E-state index contributed by atoms with van der Waals surface area (Å²) in [7, 11) is 0. The van der Waals surface area contributed by atoms with E-state index in [1.165, 1.54) is 0 Å². The van der Waals surface area contributed by atoms with Gasteiger partial charge in [-0.05, 0) is 25.0 Å². The number of aliphatic hydroxyl groups excluding tert-OH is 1. The number of aliphatic hydroxyl groups is 1. The van der Waals surface area contributed by atoms with Gasteiger partial charge in [0, 0.05) is 18.0 Å². The minimum Gasteiger partial charge on any atom is -0.484 e. The van der Waals surface area contributed by atoms with Gasteiger partial charge in [-0.15, -0.1) is 0 Å². The first-order chi connectivity index (χ1) is 10.2. The predicted molar refractivity (Wildman–Crippen MR) is 74.4 cm³/mol. The van der Waals surface area contributed by atoms with Gasteiger partial charge in [0.15, 0.2) is 18.1 Å². The summed E-state index contributed by atoms with van der Waals surface area (Å²) in [6, 6.07) is 5.20. The lowest BCUT2D eigenvalue weighted by Gasteiger charge is -2.40. The molecule has 1 saturated carbocycles. The van der Waals surface area contributed by atoms with Crippen molar-refractivity contribution in [1.82, 2.24) is 5.32 Å². The molecular weight excluding hydrogens is 274 g/mol. The zero-order chi connectivity index (χ0) is 14.7. The first-order valence-electron chi connectivity index (χ1n) is 7.11. The van der Waals surface area contributed by atoms with E-state index in [0.717, 1.165) is 19.3 Å². The molecule has 0 bridgehead atoms. The Labute approximate surface area is 123 Å². The van der Waals surface area contributed by atoms with Crippen LogP contribution >= 0.6 is 0 Å². The normalized spacial score (nSPS) is 18.0. The van der Waals surface area contributed by atoms with Crippen molar-refractivity contribution in [2.75, 3.05) is 26.6 Å². The van der Waals surface area contributed by atoms with Crippen LogP contribution in [0.25, 0.3) is 0 Å². The third-order valence-electron chi connectivity index (χ3n) is 4.12. The smallest absolute Gasteiger partial charge is 0.257 e. The van der Waals surface area contributed by atoms with Gasteiger partial charge in [0.1, 0.15) is 5.75 Å². The average Bonchev–Trinajstić information content (AvgIpc) is 2.92. The van der Waals surface area contributed by atoms with Crippen molar-refractivity contribution < 1.29 is 24.1 Å². The van der Waals surface area contributed by atoms with Crippen molar-refractivity contribution >= 4 is 5.91 Å². The molecule has 114 valence electrons. The topological polar surface area (TPSA) is 77.0 Å². The van der Waals surface area contributed by atoms with E-state index in [1.807, 2.05) is 0 Å². The Morgan fingerprint density at radius 3 is 2.86 bits per heavy atom. The lowest BCUT2D eigenvalue weighted by molar-refractivity contribution is -0.124. The van der Waals surface area contributed by atoms with Crippen LogP contribution in [0.2, 0.25) is 0 Å². The van der Waals surface area contributed by atoms with Crippen LogP contribution < -0.4 is 19.5 Å². The second-order valence-corrected chi connectivity index (χ2v) is 5.59. The van der Waals surface area contributed by atoms with Crippen LogP contribution in [0.4, 0.5) is 0 Å². The predicted octanol–water partition coefficient (Wildman–Crippen LogP) is 1.07. The van der Waals surface area contributed by atoms with Crippen molar-refractivity contribution in [3.63, 3.8) is 0 Å². The highest BCUT2D eigenvalue weighted by molar-refractivity contribution is 5.77. The fourth-order valence-corrected chi connectivity index (χ4v) is 2.52. The van der Waals surface area contributed by atoms with Gasteiger partial charge in [-0.1, -0.05) is 6.42 Å². The monoisotopic (exact) mass is 293 g/mol. The summed E-state index contributed by atoms with van der Waals surface area (Å²) < 4.78 is 15.9. The van der Waals surface area contributed by atoms with Crippen LogP contribution in [0.3, 0.4) is 0 Å². The minimum atomic E-state index is -0.188. The Morgan fingerprint density at radius 2 is 2.14 bits per heavy atom. The zero-order valence-electron chi connectivity index (χ0n) is 11.8. The van der Waals surface area contributed by atoms with Crippen molar-refractivity contribution in [1.29, 1.82) is 0 Å². The second kappa shape index (κ2) is 5.81. The number of ether oxygens (including phenoxy) is 3. The van der Waals surface area contributed by atoms with Crippen LogP contribution in [0.15, 0.2) is 18.2 Å². The van der Waals surface area contributed by atoms with Crippen molar-refractivity contribution in [2.45, 2.75) is 19.3 Å². The van der Waals surface area contributed by atoms with Crippen LogP contribution in [-0.2, 0) is 4.79 Å². The Bertz CT molecular complexity index is 521. The molecule has 0 saturated heterocycles. The molecule has 0 radical (unpaired) electrons. The number of hydrogen-bond donors (Lipinski definition) is 2. The van der Waals surface area contributed by atoms with E-state index in [1.54, 1.807) is 18.2 Å². The molecule has 0 unspecified atom stereocenters. The van der Waals surface area contributed by atoms with E-state index < -0.39 is 0 Å². The van der Waals surface area contributed by atoms with Gasteiger partial charge < -0.3 is 24.6 Å². The summed E-state index contributed by atoms with van der Waals surface area (Å²) in [6.45, 7) is 0.785. The second-order valence-electron chi connectivity index (χ2n) is 5.59. The van der Waals surface area contributed by atoms with Gasteiger partial charge in [0.25, 0.3) is 5.91 Å². The lowest BCUT2D eigenvalue weighted by Crippen LogP contribution is -2.45. The Kier molecular flexibility index (Phi) is 3.88. The highest BCUT2D eigenvalue weighted by atomic mass is 16.7. The molecule has 1 amide bonds. The number of fused-ring (bicyclic) bond motifs is 1. The van der Waals surface area contributed by atoms with Crippen molar-refractivity contribution in [3.8, 4) is 17.2 Å². The van der Waals surface area contributed by atoms with E-state index in [-0.39, 0.29) is 31.3 Å². The summed E-state index contributed by atoms with van der Waals surface area (Å²) in [6.07, 6.45) is 3.05. The summed E-state index contributed by atoms with van der Waals surface area (Å²) in [5.41, 5.74) is -0.117. The van der Waals surface area contributed by atoms with Gasteiger partial charge in [-0.3, -0.25) is 4.79 Å². The Balaban J connectivity index is 1.45. The zero-order valence-corrected chi connectivity index (χ0v) is 11.8. The van der Waals surface area contributed by atoms with Gasteiger partial charge in [-0.2, -0.15) is 0 Å². The number of rotatable bonds is 6. The molecule has 21 heavy (non-hydrogen) atoms. The van der Waals surface area contributed by atoms with Gasteiger partial charge in [0.2, 0.25) is 6.79 Å². The summed E-state index contributed by atoms with van der Waals surface area (Å²) in [5.74, 6) is 1.69. The van der Waals surface area contributed by atoms with Crippen LogP contribution in [0.5, 0.6) is 17.2 Å². The molecule has 2 aliphatic rings. The first-order valence-corrected chi connectivity index (χ1v) is 7.11. The van der Waals surface area contributed by atoms with E-state index in [0.29, 0.717) is 23.8 Å². The highest BCUT2D eigenvalue weighted by Gasteiger charge is 2.36. The van der Waals surface area contributed by atoms with Crippen LogP contribution in [0, 0.1) is 5.41 Å². The van der Waals surface area contributed by atoms with Crippen molar-refractivity contribution in [3.05, 3.63) is 18.2 Å². The SMILES string of the molecule is O=C(COc1ccc2c(c1)OCO2)NCC1(CO)CCC1. The standard InChI is InChI=1S/C15H19NO5/c17-9-15(4-1-5-15)8-16-14(18)7-19-11-2-3-12-13(6-11)21-10-20-12/h2-3,6,17H,1,4-5,7-10H2,(H,16,18). The molecule has 0 spiro atoms. The number of carbonyl (C=O) groups is 1. The number of hydrogen-bond acceptors (Lipinski definition) is 5. The molecule has 2 N–H and O–H groups in total. The first kappa shape index (κ1) is 14.0. The number of benzene rings is 1. The third kappa shape index (κ3) is 3.05. The maximum Gasteiger partial charge on any atom is 0.257 e. The summed E-state index contributed by atoms with van der Waals surface area (Å²) >= 11 is 0. The van der Waals surface area contributed by atoms with E-state index in [2.05, 4.69) is 5.32 Å². The fourth-order valence-electron chi connectivity index (χ4n) is 2.52. The molecule has 6 heteroatoms. The number of nitrogens with one attached hydrogen (secondary N) is 1. The molecule has 1 fully saturated rings. The molecule has 3 rings (SSSR count).